The Morgan fingerprint density at radius 1 is 1.11 bits per heavy atom. The summed E-state index contributed by atoms with van der Waals surface area (Å²) in [5, 5.41) is 10.7. The van der Waals surface area contributed by atoms with Crippen molar-refractivity contribution < 1.29 is 9.47 Å². The summed E-state index contributed by atoms with van der Waals surface area (Å²) in [6.45, 7) is 1.70. The van der Waals surface area contributed by atoms with Gasteiger partial charge in [-0.2, -0.15) is 10.1 Å². The molecular weight excluding hydrogens is 356 g/mol. The van der Waals surface area contributed by atoms with Crippen LogP contribution in [0, 0.1) is 0 Å². The zero-order valence-corrected chi connectivity index (χ0v) is 15.6. The Balaban J connectivity index is 1.30. The van der Waals surface area contributed by atoms with Crippen LogP contribution in [0.15, 0.2) is 42.6 Å². The number of nitrogens with zero attached hydrogens (tertiary/aromatic N) is 4. The normalized spacial score (nSPS) is 21.0. The van der Waals surface area contributed by atoms with Gasteiger partial charge in [-0.15, -0.1) is 0 Å². The molecule has 0 saturated carbocycles. The molecule has 2 aliphatic heterocycles. The van der Waals surface area contributed by atoms with E-state index < -0.39 is 0 Å². The molecule has 2 fully saturated rings. The van der Waals surface area contributed by atoms with Crippen LogP contribution in [-0.4, -0.2) is 52.6 Å². The summed E-state index contributed by atoms with van der Waals surface area (Å²) in [4.78, 5) is 11.3. The van der Waals surface area contributed by atoms with Gasteiger partial charge < -0.3 is 19.7 Å². The molecule has 28 heavy (non-hydrogen) atoms. The van der Waals surface area contributed by atoms with E-state index in [-0.39, 0.29) is 0 Å². The minimum Gasteiger partial charge on any atom is -0.497 e. The molecule has 144 valence electrons. The molecule has 0 amide bonds. The van der Waals surface area contributed by atoms with E-state index in [4.69, 9.17) is 9.47 Å². The lowest BCUT2D eigenvalue weighted by atomic mass is 10.1. The summed E-state index contributed by atoms with van der Waals surface area (Å²) in [6.07, 6.45) is 4.63. The summed E-state index contributed by atoms with van der Waals surface area (Å²) in [7, 11) is 1.66. The number of benzene rings is 1. The Bertz CT molecular complexity index is 945. The molecule has 0 aliphatic carbocycles. The Morgan fingerprint density at radius 3 is 2.64 bits per heavy atom. The quantitative estimate of drug-likeness (QED) is 0.705. The molecule has 2 bridgehead atoms. The first-order valence-electron chi connectivity index (χ1n) is 9.47. The molecule has 8 nitrogen and oxygen atoms in total. The van der Waals surface area contributed by atoms with E-state index in [1.807, 2.05) is 36.4 Å². The summed E-state index contributed by atoms with van der Waals surface area (Å²) >= 11 is 0. The molecule has 2 saturated heterocycles. The Morgan fingerprint density at radius 2 is 1.89 bits per heavy atom. The lowest BCUT2D eigenvalue weighted by Crippen LogP contribution is -2.43. The first kappa shape index (κ1) is 17.0. The Labute approximate surface area is 162 Å². The number of hydrogen-bond acceptors (Lipinski definition) is 7. The number of aromatic nitrogens is 4. The van der Waals surface area contributed by atoms with Crippen LogP contribution in [0.4, 0.5) is 17.6 Å². The van der Waals surface area contributed by atoms with Crippen LogP contribution in [-0.2, 0) is 4.74 Å². The summed E-state index contributed by atoms with van der Waals surface area (Å²) in [5.74, 6) is 2.98. The number of methoxy groups -OCH3 is 1. The van der Waals surface area contributed by atoms with Gasteiger partial charge in [0.2, 0.25) is 5.95 Å². The maximum absolute atomic E-state index is 5.90. The smallest absolute Gasteiger partial charge is 0.227 e. The lowest BCUT2D eigenvalue weighted by Gasteiger charge is -2.32. The van der Waals surface area contributed by atoms with Crippen molar-refractivity contribution in [2.75, 3.05) is 30.4 Å². The molecule has 2 aromatic heterocycles. The Hall–Kier alpha value is -3.13. The van der Waals surface area contributed by atoms with Crippen molar-refractivity contribution in [3.05, 3.63) is 42.6 Å². The predicted octanol–water partition coefficient (Wildman–Crippen LogP) is 2.99. The average Bonchev–Trinajstić information content (AvgIpc) is 3.34. The highest BCUT2D eigenvalue weighted by Gasteiger charge is 2.34. The van der Waals surface area contributed by atoms with E-state index in [9.17, 15) is 0 Å². The number of H-pyrrole nitrogens is 1. The monoisotopic (exact) mass is 378 g/mol. The second-order valence-corrected chi connectivity index (χ2v) is 7.12. The minimum atomic E-state index is 0.303. The highest BCUT2D eigenvalue weighted by Crippen LogP contribution is 2.29. The van der Waals surface area contributed by atoms with Crippen LogP contribution < -0.4 is 15.0 Å². The number of aromatic amines is 1. The fourth-order valence-corrected chi connectivity index (χ4v) is 3.78. The minimum absolute atomic E-state index is 0.303. The van der Waals surface area contributed by atoms with Gasteiger partial charge in [0.1, 0.15) is 11.6 Å². The summed E-state index contributed by atoms with van der Waals surface area (Å²) in [5.41, 5.74) is 1.96. The van der Waals surface area contributed by atoms with Crippen molar-refractivity contribution in [3.8, 4) is 17.0 Å². The van der Waals surface area contributed by atoms with Gasteiger partial charge in [0.25, 0.3) is 0 Å². The van der Waals surface area contributed by atoms with Gasteiger partial charge >= 0.3 is 0 Å². The largest absolute Gasteiger partial charge is 0.497 e. The van der Waals surface area contributed by atoms with E-state index in [1.54, 1.807) is 13.3 Å². The maximum atomic E-state index is 5.90. The number of fused-ring (bicyclic) bond motifs is 2. The first-order valence-corrected chi connectivity index (χ1v) is 9.47. The van der Waals surface area contributed by atoms with Crippen molar-refractivity contribution >= 4 is 17.6 Å². The molecule has 2 atom stereocenters. The van der Waals surface area contributed by atoms with Gasteiger partial charge in [-0.05, 0) is 48.7 Å². The third-order valence-electron chi connectivity index (χ3n) is 5.20. The molecule has 0 spiro atoms. The second kappa shape index (κ2) is 7.12. The molecule has 8 heteroatoms. The van der Waals surface area contributed by atoms with Crippen molar-refractivity contribution in [1.29, 1.82) is 0 Å². The average molecular weight is 378 g/mol. The first-order chi connectivity index (χ1) is 13.8. The van der Waals surface area contributed by atoms with Gasteiger partial charge in [-0.1, -0.05) is 0 Å². The SMILES string of the molecule is COc1ccc(-c2cc(Nc3ccnc(N4CC5CCC(C4)O5)n3)n[nH]2)cc1. The zero-order chi connectivity index (χ0) is 18.9. The standard InChI is InChI=1S/C20H22N6O2/c1-27-14-4-2-13(3-5-14)17-10-19(25-24-17)22-18-8-9-21-20(23-18)26-11-15-6-7-16(12-26)28-15/h2-5,8-10,15-16H,6-7,11-12H2,1H3,(H2,21,22,23,24,25). The van der Waals surface area contributed by atoms with E-state index in [1.165, 1.54) is 0 Å². The number of hydrogen-bond donors (Lipinski definition) is 2. The number of morpholine rings is 1. The Kier molecular flexibility index (Phi) is 4.32. The molecule has 4 heterocycles. The van der Waals surface area contributed by atoms with Crippen molar-refractivity contribution in [2.24, 2.45) is 0 Å². The maximum Gasteiger partial charge on any atom is 0.227 e. The van der Waals surface area contributed by atoms with E-state index in [2.05, 4.69) is 30.4 Å². The van der Waals surface area contributed by atoms with Crippen LogP contribution in [0.2, 0.25) is 0 Å². The fourth-order valence-electron chi connectivity index (χ4n) is 3.78. The number of rotatable bonds is 5. The fraction of sp³-hybridized carbons (Fsp3) is 0.350. The van der Waals surface area contributed by atoms with Crippen LogP contribution in [0.1, 0.15) is 12.8 Å². The molecule has 2 aliphatic rings. The van der Waals surface area contributed by atoms with Crippen molar-refractivity contribution in [2.45, 2.75) is 25.0 Å². The number of ether oxygens (including phenoxy) is 2. The third-order valence-corrected chi connectivity index (χ3v) is 5.20. The van der Waals surface area contributed by atoms with Crippen molar-refractivity contribution in [3.63, 3.8) is 0 Å². The number of nitrogens with one attached hydrogen (secondary N) is 2. The van der Waals surface area contributed by atoms with Gasteiger partial charge in [0.15, 0.2) is 5.82 Å². The van der Waals surface area contributed by atoms with Crippen LogP contribution in [0.5, 0.6) is 5.75 Å². The molecule has 2 unspecified atom stereocenters. The summed E-state index contributed by atoms with van der Waals surface area (Å²) in [6, 6.07) is 11.6. The van der Waals surface area contributed by atoms with Crippen LogP contribution in [0.25, 0.3) is 11.3 Å². The summed E-state index contributed by atoms with van der Waals surface area (Å²) < 4.78 is 11.1. The molecule has 5 rings (SSSR count). The lowest BCUT2D eigenvalue weighted by molar-refractivity contribution is 0.0299. The third kappa shape index (κ3) is 3.38. The van der Waals surface area contributed by atoms with Crippen LogP contribution >= 0.6 is 0 Å². The molecule has 2 N–H and O–H groups in total. The van der Waals surface area contributed by atoms with Gasteiger partial charge in [0, 0.05) is 25.4 Å². The van der Waals surface area contributed by atoms with Gasteiger partial charge in [0.05, 0.1) is 25.0 Å². The van der Waals surface area contributed by atoms with Crippen LogP contribution in [0.3, 0.4) is 0 Å². The number of anilines is 3. The van der Waals surface area contributed by atoms with E-state index in [0.29, 0.717) is 18.0 Å². The molecule has 3 aromatic rings. The van der Waals surface area contributed by atoms with E-state index in [0.717, 1.165) is 54.7 Å². The topological polar surface area (TPSA) is 88.2 Å². The van der Waals surface area contributed by atoms with Gasteiger partial charge in [-0.3, -0.25) is 5.10 Å². The molecule has 0 radical (unpaired) electrons. The second-order valence-electron chi connectivity index (χ2n) is 7.12. The zero-order valence-electron chi connectivity index (χ0n) is 15.6. The van der Waals surface area contributed by atoms with Crippen molar-refractivity contribution in [1.82, 2.24) is 20.2 Å². The highest BCUT2D eigenvalue weighted by molar-refractivity contribution is 5.65. The van der Waals surface area contributed by atoms with Gasteiger partial charge in [-0.25, -0.2) is 4.98 Å². The highest BCUT2D eigenvalue weighted by atomic mass is 16.5. The molecular formula is C20H22N6O2. The van der Waals surface area contributed by atoms with E-state index >= 15 is 0 Å². The molecule has 1 aromatic carbocycles. The predicted molar refractivity (Wildman–Crippen MR) is 106 cm³/mol.